The molecule has 0 bridgehead atoms. The summed E-state index contributed by atoms with van der Waals surface area (Å²) in [5.41, 5.74) is 1.88. The van der Waals surface area contributed by atoms with Gasteiger partial charge in [0.05, 0.1) is 4.91 Å². The summed E-state index contributed by atoms with van der Waals surface area (Å²) >= 11 is 12.3. The lowest BCUT2D eigenvalue weighted by Crippen LogP contribution is -2.17. The predicted octanol–water partition coefficient (Wildman–Crippen LogP) is 5.56. The summed E-state index contributed by atoms with van der Waals surface area (Å²) < 4.78 is 6.55. The van der Waals surface area contributed by atoms with Crippen molar-refractivity contribution in [1.29, 1.82) is 0 Å². The first-order valence-corrected chi connectivity index (χ1v) is 9.84. The molecule has 1 aliphatic heterocycles. The summed E-state index contributed by atoms with van der Waals surface area (Å²) in [5, 5.41) is 5.44. The molecule has 3 nitrogen and oxygen atoms in total. The second kappa shape index (κ2) is 7.72. The number of thiocarbonyl (C=S) groups is 1. The van der Waals surface area contributed by atoms with Gasteiger partial charge in [0, 0.05) is 10.6 Å². The largest absolute Gasteiger partial charge is 0.488 e. The third-order valence-corrected chi connectivity index (χ3v) is 5.57. The number of carbonyl (C=O) groups excluding carboxylic acids is 1. The summed E-state index contributed by atoms with van der Waals surface area (Å²) in [7, 11) is 0. The van der Waals surface area contributed by atoms with Crippen molar-refractivity contribution >= 4 is 62.7 Å². The summed E-state index contributed by atoms with van der Waals surface area (Å²) in [6.07, 6.45) is 1.85. The van der Waals surface area contributed by atoms with E-state index in [1.165, 1.54) is 11.8 Å². The SMILES string of the molecule is O=C1NC(=S)S/C1=C\c1c(OCc2ccc(Cl)cc2)ccc2ccccc12. The highest BCUT2D eigenvalue weighted by molar-refractivity contribution is 8.26. The van der Waals surface area contributed by atoms with E-state index in [2.05, 4.69) is 5.32 Å². The summed E-state index contributed by atoms with van der Waals surface area (Å²) in [5.74, 6) is 0.531. The molecule has 4 rings (SSSR count). The van der Waals surface area contributed by atoms with Gasteiger partial charge in [-0.25, -0.2) is 0 Å². The number of rotatable bonds is 4. The van der Waals surface area contributed by atoms with E-state index in [0.29, 0.717) is 26.6 Å². The fraction of sp³-hybridized carbons (Fsp3) is 0.0476. The minimum atomic E-state index is -0.179. The van der Waals surface area contributed by atoms with Gasteiger partial charge in [-0.15, -0.1) is 0 Å². The van der Waals surface area contributed by atoms with E-state index in [9.17, 15) is 4.79 Å². The van der Waals surface area contributed by atoms with Crippen LogP contribution in [0.3, 0.4) is 0 Å². The van der Waals surface area contributed by atoms with Gasteiger partial charge >= 0.3 is 0 Å². The van der Waals surface area contributed by atoms with Gasteiger partial charge in [-0.1, -0.05) is 78.0 Å². The van der Waals surface area contributed by atoms with Gasteiger partial charge in [0.25, 0.3) is 5.91 Å². The normalized spacial score (nSPS) is 15.4. The number of thioether (sulfide) groups is 1. The molecule has 0 aliphatic carbocycles. The number of carbonyl (C=O) groups is 1. The number of amides is 1. The average Bonchev–Trinajstić information content (AvgIpc) is 2.99. The Morgan fingerprint density at radius 2 is 1.85 bits per heavy atom. The van der Waals surface area contributed by atoms with Crippen LogP contribution in [0.1, 0.15) is 11.1 Å². The molecule has 1 fully saturated rings. The van der Waals surface area contributed by atoms with Crippen LogP contribution in [-0.2, 0) is 11.4 Å². The number of nitrogens with one attached hydrogen (secondary N) is 1. The standard InChI is InChI=1S/C21H14ClNO2S2/c22-15-8-5-13(6-9-15)12-25-18-10-7-14-3-1-2-4-16(14)17(18)11-19-20(24)23-21(26)27-19/h1-11H,12H2,(H,23,24,26)/b19-11-. The Balaban J connectivity index is 1.73. The van der Waals surface area contributed by atoms with Crippen molar-refractivity contribution in [2.75, 3.05) is 0 Å². The molecule has 0 aromatic heterocycles. The van der Waals surface area contributed by atoms with Gasteiger partial charge in [-0.2, -0.15) is 0 Å². The summed E-state index contributed by atoms with van der Waals surface area (Å²) in [4.78, 5) is 12.7. The summed E-state index contributed by atoms with van der Waals surface area (Å²) in [6.45, 7) is 0.406. The Hall–Kier alpha value is -2.34. The van der Waals surface area contributed by atoms with Crippen LogP contribution >= 0.6 is 35.6 Å². The molecule has 27 heavy (non-hydrogen) atoms. The number of fused-ring (bicyclic) bond motifs is 1. The second-order valence-electron chi connectivity index (χ2n) is 5.97. The highest BCUT2D eigenvalue weighted by Crippen LogP contribution is 2.34. The van der Waals surface area contributed by atoms with E-state index < -0.39 is 0 Å². The molecule has 1 N–H and O–H groups in total. The number of hydrogen-bond acceptors (Lipinski definition) is 4. The Labute approximate surface area is 171 Å². The topological polar surface area (TPSA) is 38.3 Å². The summed E-state index contributed by atoms with van der Waals surface area (Å²) in [6, 6.07) is 19.5. The van der Waals surface area contributed by atoms with Gasteiger partial charge in [0.2, 0.25) is 0 Å². The van der Waals surface area contributed by atoms with E-state index in [1.807, 2.05) is 66.7 Å². The van der Waals surface area contributed by atoms with Crippen LogP contribution < -0.4 is 10.1 Å². The molecule has 6 heteroatoms. The second-order valence-corrected chi connectivity index (χ2v) is 8.12. The van der Waals surface area contributed by atoms with Gasteiger partial charge in [0.15, 0.2) is 0 Å². The Morgan fingerprint density at radius 3 is 2.59 bits per heavy atom. The predicted molar refractivity (Wildman–Crippen MR) is 116 cm³/mol. The number of hydrogen-bond donors (Lipinski definition) is 1. The number of halogens is 1. The van der Waals surface area contributed by atoms with Crippen molar-refractivity contribution in [3.8, 4) is 5.75 Å². The zero-order valence-electron chi connectivity index (χ0n) is 14.1. The molecule has 1 saturated heterocycles. The molecule has 3 aromatic carbocycles. The van der Waals surface area contributed by atoms with E-state index in [4.69, 9.17) is 28.6 Å². The van der Waals surface area contributed by atoms with Crippen LogP contribution in [0.5, 0.6) is 5.75 Å². The van der Waals surface area contributed by atoms with Crippen LogP contribution in [0.25, 0.3) is 16.8 Å². The monoisotopic (exact) mass is 411 g/mol. The number of benzene rings is 3. The average molecular weight is 412 g/mol. The fourth-order valence-corrected chi connectivity index (χ4v) is 4.00. The van der Waals surface area contributed by atoms with Crippen molar-refractivity contribution in [3.63, 3.8) is 0 Å². The quantitative estimate of drug-likeness (QED) is 0.450. The zero-order chi connectivity index (χ0) is 18.8. The van der Waals surface area contributed by atoms with Gasteiger partial charge in [-0.3, -0.25) is 4.79 Å². The molecule has 134 valence electrons. The van der Waals surface area contributed by atoms with Gasteiger partial charge in [-0.05, 0) is 40.6 Å². The Morgan fingerprint density at radius 1 is 1.07 bits per heavy atom. The maximum atomic E-state index is 12.1. The van der Waals surface area contributed by atoms with Gasteiger partial charge < -0.3 is 10.1 Å². The molecule has 0 radical (unpaired) electrons. The lowest BCUT2D eigenvalue weighted by molar-refractivity contribution is -0.115. The highest BCUT2D eigenvalue weighted by Gasteiger charge is 2.23. The van der Waals surface area contributed by atoms with Crippen molar-refractivity contribution in [1.82, 2.24) is 5.32 Å². The molecular weight excluding hydrogens is 398 g/mol. The molecule has 0 atom stereocenters. The molecule has 0 unspecified atom stereocenters. The lowest BCUT2D eigenvalue weighted by Gasteiger charge is -2.13. The Bertz CT molecular complexity index is 1080. The number of ether oxygens (including phenoxy) is 1. The minimum absolute atomic E-state index is 0.179. The fourth-order valence-electron chi connectivity index (χ4n) is 2.84. The van der Waals surface area contributed by atoms with Crippen LogP contribution in [0.4, 0.5) is 0 Å². The van der Waals surface area contributed by atoms with Crippen molar-refractivity contribution in [2.24, 2.45) is 0 Å². The van der Waals surface area contributed by atoms with Crippen molar-refractivity contribution in [2.45, 2.75) is 6.61 Å². The minimum Gasteiger partial charge on any atom is -0.488 e. The maximum Gasteiger partial charge on any atom is 0.263 e. The van der Waals surface area contributed by atoms with Crippen molar-refractivity contribution < 1.29 is 9.53 Å². The smallest absolute Gasteiger partial charge is 0.263 e. The molecule has 3 aromatic rings. The molecule has 1 amide bonds. The van der Waals surface area contributed by atoms with Crippen LogP contribution in [0.15, 0.2) is 65.6 Å². The Kier molecular flexibility index (Phi) is 5.16. The first-order valence-electron chi connectivity index (χ1n) is 8.24. The van der Waals surface area contributed by atoms with Crippen LogP contribution in [-0.4, -0.2) is 10.2 Å². The lowest BCUT2D eigenvalue weighted by atomic mass is 10.0. The van der Waals surface area contributed by atoms with E-state index in [1.54, 1.807) is 0 Å². The molecule has 0 saturated carbocycles. The van der Waals surface area contributed by atoms with E-state index in [0.717, 1.165) is 21.9 Å². The molecular formula is C21H14ClNO2S2. The zero-order valence-corrected chi connectivity index (χ0v) is 16.5. The van der Waals surface area contributed by atoms with Crippen LogP contribution in [0.2, 0.25) is 5.02 Å². The third kappa shape index (κ3) is 4.00. The maximum absolute atomic E-state index is 12.1. The molecule has 1 heterocycles. The van der Waals surface area contributed by atoms with Crippen molar-refractivity contribution in [3.05, 3.63) is 81.7 Å². The molecule has 0 spiro atoms. The first kappa shape index (κ1) is 18.0. The van der Waals surface area contributed by atoms with Crippen LogP contribution in [0, 0.1) is 0 Å². The third-order valence-electron chi connectivity index (χ3n) is 4.16. The van der Waals surface area contributed by atoms with Gasteiger partial charge in [0.1, 0.15) is 16.7 Å². The van der Waals surface area contributed by atoms with E-state index >= 15 is 0 Å². The highest BCUT2D eigenvalue weighted by atomic mass is 35.5. The first-order chi connectivity index (χ1) is 13.1. The molecule has 1 aliphatic rings. The van der Waals surface area contributed by atoms with E-state index in [-0.39, 0.29) is 5.91 Å².